The van der Waals surface area contributed by atoms with Crippen molar-refractivity contribution in [3.05, 3.63) is 200 Å². The van der Waals surface area contributed by atoms with Crippen molar-refractivity contribution in [1.82, 2.24) is 14.1 Å². The molecule has 13 aromatic rings. The van der Waals surface area contributed by atoms with Crippen molar-refractivity contribution in [2.75, 3.05) is 0 Å². The van der Waals surface area contributed by atoms with Gasteiger partial charge in [0.25, 0.3) is 0 Å². The lowest BCUT2D eigenvalue weighted by Gasteiger charge is -2.15. The van der Waals surface area contributed by atoms with E-state index in [9.17, 15) is 0 Å². The molecule has 4 aromatic heterocycles. The summed E-state index contributed by atoms with van der Waals surface area (Å²) in [4.78, 5) is 5.33. The van der Waals surface area contributed by atoms with E-state index in [0.717, 1.165) is 99.9 Å². The number of fused-ring (bicyclic) bond motifs is 11. The van der Waals surface area contributed by atoms with Gasteiger partial charge in [0.2, 0.25) is 0 Å². The first-order valence-electron chi connectivity index (χ1n) is 20.3. The van der Waals surface area contributed by atoms with Crippen LogP contribution >= 0.6 is 0 Å². The van der Waals surface area contributed by atoms with Gasteiger partial charge in [-0.05, 0) is 77.9 Å². The van der Waals surface area contributed by atoms with Crippen LogP contribution in [0, 0.1) is 0 Å². The molecule has 0 aliphatic heterocycles. The van der Waals surface area contributed by atoms with Crippen LogP contribution < -0.4 is 0 Å². The molecular weight excluding hydrogens is 735 g/mol. The molecule has 60 heavy (non-hydrogen) atoms. The number of rotatable bonds is 5. The number of hydrogen-bond acceptors (Lipinski definition) is 3. The van der Waals surface area contributed by atoms with Gasteiger partial charge in [-0.1, -0.05) is 133 Å². The predicted octanol–water partition coefficient (Wildman–Crippen LogP) is 14.9. The SMILES string of the molecule is c1ccc(-c2nc3ccc(-c4ccc5c(c4)c4ccccc4n5-c4ccccc4)cc3n2-c2ccccc2-c2cccc3c2oc2c3ccc3c4ccccc4oc32)cc1. The van der Waals surface area contributed by atoms with Crippen LogP contribution in [0.3, 0.4) is 0 Å². The Morgan fingerprint density at radius 2 is 0.983 bits per heavy atom. The van der Waals surface area contributed by atoms with Crippen molar-refractivity contribution in [2.24, 2.45) is 0 Å². The predicted molar refractivity (Wildman–Crippen MR) is 246 cm³/mol. The van der Waals surface area contributed by atoms with Gasteiger partial charge in [-0.15, -0.1) is 0 Å². The summed E-state index contributed by atoms with van der Waals surface area (Å²) in [6, 6.07) is 70.8. The van der Waals surface area contributed by atoms with Crippen LogP contribution in [0.1, 0.15) is 0 Å². The molecule has 9 aromatic carbocycles. The summed E-state index contributed by atoms with van der Waals surface area (Å²) in [5.74, 6) is 0.873. The van der Waals surface area contributed by atoms with Crippen molar-refractivity contribution in [3.8, 4) is 45.0 Å². The number of nitrogens with zero attached hydrogens (tertiary/aromatic N) is 3. The second kappa shape index (κ2) is 12.7. The third kappa shape index (κ3) is 4.77. The Labute approximate surface area is 343 Å². The first-order chi connectivity index (χ1) is 29.8. The topological polar surface area (TPSA) is 49.0 Å². The summed E-state index contributed by atoms with van der Waals surface area (Å²) in [6.45, 7) is 0. The number of aromatic nitrogens is 3. The summed E-state index contributed by atoms with van der Waals surface area (Å²) in [7, 11) is 0. The fraction of sp³-hybridized carbons (Fsp3) is 0. The second-order valence-corrected chi connectivity index (χ2v) is 15.5. The maximum atomic E-state index is 6.91. The first-order valence-corrected chi connectivity index (χ1v) is 20.3. The number of para-hydroxylation sites is 5. The maximum absolute atomic E-state index is 6.91. The highest BCUT2D eigenvalue weighted by Gasteiger charge is 2.23. The van der Waals surface area contributed by atoms with Crippen LogP contribution in [0.25, 0.3) is 122 Å². The van der Waals surface area contributed by atoms with E-state index in [-0.39, 0.29) is 0 Å². The average Bonchev–Trinajstić information content (AvgIpc) is 4.08. The fourth-order valence-corrected chi connectivity index (χ4v) is 9.43. The van der Waals surface area contributed by atoms with Crippen LogP contribution in [0.2, 0.25) is 0 Å². The summed E-state index contributed by atoms with van der Waals surface area (Å²) in [5.41, 5.74) is 15.0. The third-order valence-electron chi connectivity index (χ3n) is 12.2. The molecular formula is C55H33N3O2. The molecule has 0 bridgehead atoms. The third-order valence-corrected chi connectivity index (χ3v) is 12.2. The van der Waals surface area contributed by atoms with E-state index in [4.69, 9.17) is 13.8 Å². The number of furan rings is 2. The van der Waals surface area contributed by atoms with E-state index in [1.165, 1.54) is 21.8 Å². The minimum atomic E-state index is 0.759. The van der Waals surface area contributed by atoms with Crippen LogP contribution in [0.4, 0.5) is 0 Å². The van der Waals surface area contributed by atoms with Crippen molar-refractivity contribution in [2.45, 2.75) is 0 Å². The van der Waals surface area contributed by atoms with Crippen LogP contribution in [0.15, 0.2) is 209 Å². The summed E-state index contributed by atoms with van der Waals surface area (Å²) >= 11 is 0. The van der Waals surface area contributed by atoms with Gasteiger partial charge in [-0.25, -0.2) is 4.98 Å². The standard InChI is InChI=1S/C55H33N3O2/c1-3-14-34(15-4-1)55-56-46-30-26-36(35-27-31-49-45(32-35)39-19-8-10-23-47(39)57(49)37-16-5-2-6-17-37)33-50(46)58(55)48-24-11-7-18-38(48)41-21-13-22-42-44-29-28-43-40-20-9-12-25-51(40)59-53(43)54(44)60-52(41)42/h1-33H. The van der Waals surface area contributed by atoms with E-state index in [0.29, 0.717) is 0 Å². The summed E-state index contributed by atoms with van der Waals surface area (Å²) in [6.07, 6.45) is 0. The zero-order valence-electron chi connectivity index (χ0n) is 32.2. The highest BCUT2D eigenvalue weighted by molar-refractivity contribution is 6.20. The van der Waals surface area contributed by atoms with Gasteiger partial charge in [-0.3, -0.25) is 4.57 Å². The van der Waals surface area contributed by atoms with Crippen LogP contribution in [-0.4, -0.2) is 14.1 Å². The van der Waals surface area contributed by atoms with Crippen molar-refractivity contribution in [1.29, 1.82) is 0 Å². The molecule has 0 N–H and O–H groups in total. The maximum Gasteiger partial charge on any atom is 0.178 e. The zero-order chi connectivity index (χ0) is 39.3. The highest BCUT2D eigenvalue weighted by Crippen LogP contribution is 2.44. The Hall–Kier alpha value is -8.15. The van der Waals surface area contributed by atoms with E-state index in [1.807, 2.05) is 18.2 Å². The second-order valence-electron chi connectivity index (χ2n) is 15.5. The molecule has 0 aliphatic rings. The molecule has 0 saturated heterocycles. The molecule has 0 aliphatic carbocycles. The molecule has 5 heteroatoms. The van der Waals surface area contributed by atoms with Gasteiger partial charge in [0.15, 0.2) is 11.2 Å². The van der Waals surface area contributed by atoms with Gasteiger partial charge < -0.3 is 13.4 Å². The van der Waals surface area contributed by atoms with E-state index < -0.39 is 0 Å². The lowest BCUT2D eigenvalue weighted by Crippen LogP contribution is -2.00. The number of benzene rings is 9. The summed E-state index contributed by atoms with van der Waals surface area (Å²) < 4.78 is 18.0. The lowest BCUT2D eigenvalue weighted by atomic mass is 9.99. The smallest absolute Gasteiger partial charge is 0.178 e. The molecule has 4 heterocycles. The van der Waals surface area contributed by atoms with Crippen molar-refractivity contribution in [3.63, 3.8) is 0 Å². The minimum Gasteiger partial charge on any atom is -0.452 e. The zero-order valence-corrected chi connectivity index (χ0v) is 32.2. The molecule has 0 radical (unpaired) electrons. The van der Waals surface area contributed by atoms with Crippen molar-refractivity contribution >= 4 is 76.7 Å². The number of imidazole rings is 1. The minimum absolute atomic E-state index is 0.759. The lowest BCUT2D eigenvalue weighted by molar-refractivity contribution is 0.634. The van der Waals surface area contributed by atoms with Gasteiger partial charge in [0.05, 0.1) is 27.8 Å². The normalized spacial score (nSPS) is 12.0. The van der Waals surface area contributed by atoms with E-state index >= 15 is 0 Å². The van der Waals surface area contributed by atoms with Gasteiger partial charge in [-0.2, -0.15) is 0 Å². The Kier molecular flexibility index (Phi) is 6.95. The molecule has 0 amide bonds. The quantitative estimate of drug-likeness (QED) is 0.175. The van der Waals surface area contributed by atoms with Gasteiger partial charge in [0, 0.05) is 54.7 Å². The largest absolute Gasteiger partial charge is 0.452 e. The van der Waals surface area contributed by atoms with Gasteiger partial charge in [0.1, 0.15) is 17.0 Å². The monoisotopic (exact) mass is 767 g/mol. The van der Waals surface area contributed by atoms with Crippen molar-refractivity contribution < 1.29 is 8.83 Å². The fourth-order valence-electron chi connectivity index (χ4n) is 9.43. The Morgan fingerprint density at radius 1 is 0.350 bits per heavy atom. The molecule has 0 fully saturated rings. The molecule has 5 nitrogen and oxygen atoms in total. The Bertz CT molecular complexity index is 3830. The number of hydrogen-bond donors (Lipinski definition) is 0. The van der Waals surface area contributed by atoms with Crippen LogP contribution in [-0.2, 0) is 0 Å². The van der Waals surface area contributed by atoms with E-state index in [2.05, 4.69) is 191 Å². The first kappa shape index (κ1) is 32.9. The molecule has 0 atom stereocenters. The van der Waals surface area contributed by atoms with E-state index in [1.54, 1.807) is 0 Å². The summed E-state index contributed by atoms with van der Waals surface area (Å²) in [5, 5.41) is 6.65. The Balaban J connectivity index is 1.03. The molecule has 280 valence electrons. The molecule has 0 saturated carbocycles. The Morgan fingerprint density at radius 3 is 1.87 bits per heavy atom. The highest BCUT2D eigenvalue weighted by atomic mass is 16.4. The molecule has 0 unspecified atom stereocenters. The average molecular weight is 768 g/mol. The van der Waals surface area contributed by atoms with Gasteiger partial charge >= 0.3 is 0 Å². The molecule has 0 spiro atoms. The van der Waals surface area contributed by atoms with Crippen LogP contribution in [0.5, 0.6) is 0 Å². The molecule has 13 rings (SSSR count).